The molecule has 1 aliphatic rings. The van der Waals surface area contributed by atoms with Gasteiger partial charge in [-0.05, 0) is 59.9 Å². The normalized spacial score (nSPS) is 20.6. The molecule has 1 saturated carbocycles. The molecule has 14 heavy (non-hydrogen) atoms. The van der Waals surface area contributed by atoms with Gasteiger partial charge in [-0.1, -0.05) is 0 Å². The second kappa shape index (κ2) is 4.63. The van der Waals surface area contributed by atoms with Crippen molar-refractivity contribution in [2.45, 2.75) is 64.5 Å². The van der Waals surface area contributed by atoms with Crippen LogP contribution in [0, 0.1) is 0 Å². The lowest BCUT2D eigenvalue weighted by Crippen LogP contribution is -2.45. The Balaban J connectivity index is 2.21. The number of hydrogen-bond donors (Lipinski definition) is 1. The Morgan fingerprint density at radius 1 is 1.29 bits per heavy atom. The van der Waals surface area contributed by atoms with Crippen LogP contribution < -0.4 is 5.32 Å². The molecule has 0 radical (unpaired) electrons. The summed E-state index contributed by atoms with van der Waals surface area (Å²) in [5, 5.41) is 3.52. The van der Waals surface area contributed by atoms with Crippen LogP contribution in [0.3, 0.4) is 0 Å². The molecule has 0 unspecified atom stereocenters. The fraction of sp³-hybridized carbons (Fsp3) is 1.00. The Kier molecular flexibility index (Phi) is 3.96. The van der Waals surface area contributed by atoms with Crippen LogP contribution in [-0.4, -0.2) is 24.3 Å². The zero-order valence-corrected chi connectivity index (χ0v) is 10.2. The van der Waals surface area contributed by atoms with Gasteiger partial charge in [0.25, 0.3) is 0 Å². The third-order valence-electron chi connectivity index (χ3n) is 2.95. The fourth-order valence-corrected chi connectivity index (χ4v) is 2.01. The first kappa shape index (κ1) is 12.0. The summed E-state index contributed by atoms with van der Waals surface area (Å²) in [6.45, 7) is 10.7. The molecule has 0 atom stereocenters. The molecule has 0 bridgehead atoms. The van der Waals surface area contributed by atoms with E-state index in [0.717, 1.165) is 19.6 Å². The Bertz CT molecular complexity index is 168. The van der Waals surface area contributed by atoms with E-state index in [4.69, 9.17) is 4.74 Å². The van der Waals surface area contributed by atoms with Gasteiger partial charge in [-0.3, -0.25) is 0 Å². The number of rotatable bonds is 5. The lowest BCUT2D eigenvalue weighted by atomic mass is 9.77. The van der Waals surface area contributed by atoms with Crippen LogP contribution in [-0.2, 0) is 4.74 Å². The zero-order chi connectivity index (χ0) is 10.7. The van der Waals surface area contributed by atoms with E-state index in [1.807, 2.05) is 0 Å². The van der Waals surface area contributed by atoms with Gasteiger partial charge in [0.05, 0.1) is 5.60 Å². The fourth-order valence-electron chi connectivity index (χ4n) is 2.01. The molecule has 1 rings (SSSR count). The molecular weight excluding hydrogens is 174 g/mol. The molecule has 2 nitrogen and oxygen atoms in total. The first-order valence-corrected chi connectivity index (χ1v) is 5.86. The standard InChI is InChI=1S/C12H25NO/c1-5-14-12(7-6-8-12)9-10-13-11(2,3)4/h13H,5-10H2,1-4H3. The summed E-state index contributed by atoms with van der Waals surface area (Å²) < 4.78 is 5.84. The van der Waals surface area contributed by atoms with Crippen molar-refractivity contribution in [2.75, 3.05) is 13.2 Å². The van der Waals surface area contributed by atoms with Crippen molar-refractivity contribution in [3.63, 3.8) is 0 Å². The Morgan fingerprint density at radius 3 is 2.29 bits per heavy atom. The Morgan fingerprint density at radius 2 is 1.93 bits per heavy atom. The SMILES string of the molecule is CCOC1(CCNC(C)(C)C)CCC1. The van der Waals surface area contributed by atoms with Crippen LogP contribution in [0.1, 0.15) is 53.4 Å². The first-order chi connectivity index (χ1) is 6.47. The summed E-state index contributed by atoms with van der Waals surface area (Å²) in [5.74, 6) is 0. The molecule has 0 amide bonds. The van der Waals surface area contributed by atoms with E-state index in [-0.39, 0.29) is 11.1 Å². The van der Waals surface area contributed by atoms with Gasteiger partial charge in [-0.2, -0.15) is 0 Å². The molecule has 0 aromatic carbocycles. The molecule has 1 aliphatic carbocycles. The van der Waals surface area contributed by atoms with E-state index in [1.54, 1.807) is 0 Å². The Labute approximate surface area is 88.4 Å². The molecule has 0 saturated heterocycles. The molecule has 1 N–H and O–H groups in total. The highest BCUT2D eigenvalue weighted by Gasteiger charge is 2.37. The largest absolute Gasteiger partial charge is 0.375 e. The number of ether oxygens (including phenoxy) is 1. The summed E-state index contributed by atoms with van der Waals surface area (Å²) in [6, 6.07) is 0. The predicted molar refractivity (Wildman–Crippen MR) is 60.6 cm³/mol. The van der Waals surface area contributed by atoms with Crippen LogP contribution in [0.5, 0.6) is 0 Å². The van der Waals surface area contributed by atoms with Crippen molar-refractivity contribution in [1.82, 2.24) is 5.32 Å². The van der Waals surface area contributed by atoms with Crippen molar-refractivity contribution in [3.05, 3.63) is 0 Å². The average molecular weight is 199 g/mol. The number of nitrogens with one attached hydrogen (secondary N) is 1. The lowest BCUT2D eigenvalue weighted by molar-refractivity contribution is -0.0997. The van der Waals surface area contributed by atoms with Crippen LogP contribution in [0.4, 0.5) is 0 Å². The van der Waals surface area contributed by atoms with E-state index in [2.05, 4.69) is 33.0 Å². The van der Waals surface area contributed by atoms with Gasteiger partial charge in [0.2, 0.25) is 0 Å². The molecule has 0 aromatic heterocycles. The van der Waals surface area contributed by atoms with Crippen LogP contribution in [0.15, 0.2) is 0 Å². The van der Waals surface area contributed by atoms with E-state index in [1.165, 1.54) is 19.3 Å². The minimum Gasteiger partial charge on any atom is -0.375 e. The van der Waals surface area contributed by atoms with Crippen molar-refractivity contribution in [2.24, 2.45) is 0 Å². The van der Waals surface area contributed by atoms with Gasteiger partial charge in [0.1, 0.15) is 0 Å². The zero-order valence-electron chi connectivity index (χ0n) is 10.2. The van der Waals surface area contributed by atoms with Crippen LogP contribution >= 0.6 is 0 Å². The lowest BCUT2D eigenvalue weighted by Gasteiger charge is -2.42. The maximum atomic E-state index is 5.84. The second-order valence-corrected chi connectivity index (χ2v) is 5.40. The quantitative estimate of drug-likeness (QED) is 0.735. The van der Waals surface area contributed by atoms with Gasteiger partial charge in [-0.25, -0.2) is 0 Å². The average Bonchev–Trinajstić information content (AvgIpc) is 1.97. The molecule has 1 fully saturated rings. The second-order valence-electron chi connectivity index (χ2n) is 5.40. The smallest absolute Gasteiger partial charge is 0.0694 e. The van der Waals surface area contributed by atoms with Crippen molar-refractivity contribution >= 4 is 0 Å². The topological polar surface area (TPSA) is 21.3 Å². The maximum Gasteiger partial charge on any atom is 0.0694 e. The van der Waals surface area contributed by atoms with Crippen molar-refractivity contribution < 1.29 is 4.74 Å². The predicted octanol–water partition coefficient (Wildman–Crippen LogP) is 2.72. The third kappa shape index (κ3) is 3.58. The van der Waals surface area contributed by atoms with Crippen molar-refractivity contribution in [1.29, 1.82) is 0 Å². The van der Waals surface area contributed by atoms with Crippen molar-refractivity contribution in [3.8, 4) is 0 Å². The highest BCUT2D eigenvalue weighted by atomic mass is 16.5. The Hall–Kier alpha value is -0.0800. The molecule has 84 valence electrons. The molecule has 2 heteroatoms. The third-order valence-corrected chi connectivity index (χ3v) is 2.95. The van der Waals surface area contributed by atoms with Gasteiger partial charge >= 0.3 is 0 Å². The van der Waals surface area contributed by atoms with Gasteiger partial charge in [-0.15, -0.1) is 0 Å². The summed E-state index contributed by atoms with van der Waals surface area (Å²) in [7, 11) is 0. The van der Waals surface area contributed by atoms with Gasteiger partial charge < -0.3 is 10.1 Å². The van der Waals surface area contributed by atoms with Gasteiger partial charge in [0, 0.05) is 12.1 Å². The van der Waals surface area contributed by atoms with E-state index >= 15 is 0 Å². The van der Waals surface area contributed by atoms with E-state index in [0.29, 0.717) is 0 Å². The maximum absolute atomic E-state index is 5.84. The summed E-state index contributed by atoms with van der Waals surface area (Å²) in [4.78, 5) is 0. The highest BCUT2D eigenvalue weighted by molar-refractivity contribution is 4.90. The summed E-state index contributed by atoms with van der Waals surface area (Å²) in [5.41, 5.74) is 0.462. The molecule has 0 aliphatic heterocycles. The van der Waals surface area contributed by atoms with E-state index < -0.39 is 0 Å². The minimum absolute atomic E-state index is 0.229. The summed E-state index contributed by atoms with van der Waals surface area (Å²) >= 11 is 0. The molecular formula is C12H25NO. The molecule has 0 heterocycles. The molecule has 0 spiro atoms. The number of hydrogen-bond acceptors (Lipinski definition) is 2. The molecule has 0 aromatic rings. The van der Waals surface area contributed by atoms with E-state index in [9.17, 15) is 0 Å². The van der Waals surface area contributed by atoms with Gasteiger partial charge in [0.15, 0.2) is 0 Å². The monoisotopic (exact) mass is 199 g/mol. The van der Waals surface area contributed by atoms with Crippen LogP contribution in [0.25, 0.3) is 0 Å². The highest BCUT2D eigenvalue weighted by Crippen LogP contribution is 2.38. The summed E-state index contributed by atoms with van der Waals surface area (Å²) in [6.07, 6.45) is 5.02. The minimum atomic E-state index is 0.229. The van der Waals surface area contributed by atoms with Crippen LogP contribution in [0.2, 0.25) is 0 Å². The first-order valence-electron chi connectivity index (χ1n) is 5.86.